The average molecular weight is 327 g/mol. The molecule has 1 heterocycles. The van der Waals surface area contributed by atoms with E-state index in [1.807, 2.05) is 37.3 Å². The number of phenolic OH excluding ortho intramolecular Hbond substituents is 1. The fourth-order valence-corrected chi connectivity index (χ4v) is 3.58. The highest BCUT2D eigenvalue weighted by molar-refractivity contribution is 7.73. The number of hydrogen-bond acceptors (Lipinski definition) is 4. The molecule has 0 saturated carbocycles. The van der Waals surface area contributed by atoms with E-state index in [2.05, 4.69) is 0 Å². The summed E-state index contributed by atoms with van der Waals surface area (Å²) in [6.45, 7) is 1.97. The van der Waals surface area contributed by atoms with Gasteiger partial charge in [-0.05, 0) is 54.5 Å². The van der Waals surface area contributed by atoms with E-state index in [9.17, 15) is 9.90 Å². The molecular formula is C17H13NO2S2. The van der Waals surface area contributed by atoms with Crippen LogP contribution in [-0.2, 0) is 0 Å². The number of aryl methyl sites for hydroxylation is 1. The van der Waals surface area contributed by atoms with Crippen LogP contribution in [0.3, 0.4) is 0 Å². The number of phenols is 1. The van der Waals surface area contributed by atoms with Gasteiger partial charge in [-0.1, -0.05) is 24.3 Å². The molecule has 0 fully saturated rings. The molecule has 0 spiro atoms. The van der Waals surface area contributed by atoms with Crippen LogP contribution in [0.1, 0.15) is 5.56 Å². The maximum absolute atomic E-state index is 12.5. The number of rotatable bonds is 2. The minimum Gasteiger partial charge on any atom is -0.508 e. The highest BCUT2D eigenvalue weighted by Crippen LogP contribution is 2.26. The average Bonchev–Trinajstić information content (AvgIpc) is 2.46. The van der Waals surface area contributed by atoms with Crippen LogP contribution in [0.25, 0.3) is 16.1 Å². The van der Waals surface area contributed by atoms with Crippen molar-refractivity contribution >= 4 is 23.6 Å². The molecule has 1 N–H and O–H groups in total. The molecule has 3 rings (SSSR count). The molecule has 5 heteroatoms. The number of hydrogen-bond donors (Lipinski definition) is 1. The summed E-state index contributed by atoms with van der Waals surface area (Å²) in [5.41, 5.74) is 2.45. The Kier molecular flexibility index (Phi) is 3.92. The van der Waals surface area contributed by atoms with Gasteiger partial charge in [0.2, 0.25) is 0 Å². The second kappa shape index (κ2) is 5.87. The summed E-state index contributed by atoms with van der Waals surface area (Å²) in [5.74, 6) is 0.165. The van der Waals surface area contributed by atoms with E-state index >= 15 is 0 Å². The van der Waals surface area contributed by atoms with Gasteiger partial charge in [0.05, 0.1) is 5.69 Å². The van der Waals surface area contributed by atoms with Crippen molar-refractivity contribution in [3.05, 3.63) is 74.5 Å². The minimum atomic E-state index is -0.173. The highest BCUT2D eigenvalue weighted by atomic mass is 32.1. The van der Waals surface area contributed by atoms with Crippen LogP contribution < -0.4 is 5.56 Å². The molecule has 3 nitrogen and oxygen atoms in total. The third-order valence-corrected chi connectivity index (χ3v) is 4.61. The summed E-state index contributed by atoms with van der Waals surface area (Å²) in [4.78, 5) is 13.2. The summed E-state index contributed by atoms with van der Waals surface area (Å²) in [6, 6.07) is 16.0. The first kappa shape index (κ1) is 14.7. The molecule has 0 aliphatic carbocycles. The number of aromatic hydroxyl groups is 1. The number of nitrogens with zero attached hydrogens (tertiary/aromatic N) is 1. The lowest BCUT2D eigenvalue weighted by Gasteiger charge is -2.08. The van der Waals surface area contributed by atoms with E-state index in [-0.39, 0.29) is 11.3 Å². The monoisotopic (exact) mass is 327 g/mol. The number of aromatic nitrogens is 1. The Morgan fingerprint density at radius 2 is 1.86 bits per heavy atom. The van der Waals surface area contributed by atoms with Crippen LogP contribution in [0.2, 0.25) is 0 Å². The van der Waals surface area contributed by atoms with Crippen LogP contribution in [0.5, 0.6) is 5.75 Å². The third kappa shape index (κ3) is 2.86. The number of benzene rings is 2. The second-order valence-corrected chi connectivity index (χ2v) is 6.62. The van der Waals surface area contributed by atoms with Crippen LogP contribution in [0.15, 0.2) is 59.4 Å². The lowest BCUT2D eigenvalue weighted by atomic mass is 10.2. The topological polar surface area (TPSA) is 42.2 Å². The molecule has 3 aromatic rings. The van der Waals surface area contributed by atoms with Gasteiger partial charge in [-0.15, -0.1) is 11.3 Å². The smallest absolute Gasteiger partial charge is 0.258 e. The molecule has 2 aromatic carbocycles. The van der Waals surface area contributed by atoms with E-state index in [1.54, 1.807) is 24.3 Å². The van der Waals surface area contributed by atoms with Gasteiger partial charge in [-0.25, -0.2) is 0 Å². The summed E-state index contributed by atoms with van der Waals surface area (Å²) in [7, 11) is 0. The van der Waals surface area contributed by atoms with Gasteiger partial charge in [0.15, 0.2) is 3.95 Å². The van der Waals surface area contributed by atoms with Gasteiger partial charge < -0.3 is 5.11 Å². The van der Waals surface area contributed by atoms with E-state index in [4.69, 9.17) is 12.2 Å². The Labute approximate surface area is 136 Å². The van der Waals surface area contributed by atoms with Gasteiger partial charge in [0.1, 0.15) is 5.75 Å². The zero-order valence-electron chi connectivity index (χ0n) is 11.8. The zero-order valence-corrected chi connectivity index (χ0v) is 13.4. The first-order valence-electron chi connectivity index (χ1n) is 6.68. The normalized spacial score (nSPS) is 10.6. The quantitative estimate of drug-likeness (QED) is 0.713. The Balaban J connectivity index is 2.18. The lowest BCUT2D eigenvalue weighted by molar-refractivity contribution is 0.475. The molecule has 0 aliphatic rings. The van der Waals surface area contributed by atoms with Crippen molar-refractivity contribution in [2.24, 2.45) is 0 Å². The van der Waals surface area contributed by atoms with E-state index in [1.165, 1.54) is 15.9 Å². The van der Waals surface area contributed by atoms with Crippen LogP contribution in [0.4, 0.5) is 0 Å². The Hall–Kier alpha value is -2.24. The predicted octanol–water partition coefficient (Wildman–Crippen LogP) is 4.31. The van der Waals surface area contributed by atoms with Crippen molar-refractivity contribution in [2.75, 3.05) is 0 Å². The van der Waals surface area contributed by atoms with Crippen molar-refractivity contribution < 1.29 is 5.11 Å². The van der Waals surface area contributed by atoms with Gasteiger partial charge in [-0.3, -0.25) is 9.36 Å². The van der Waals surface area contributed by atoms with Crippen LogP contribution >= 0.6 is 23.6 Å². The van der Waals surface area contributed by atoms with E-state index < -0.39 is 0 Å². The van der Waals surface area contributed by atoms with Gasteiger partial charge in [0.25, 0.3) is 5.56 Å². The molecule has 0 unspecified atom stereocenters. The Morgan fingerprint density at radius 3 is 2.55 bits per heavy atom. The first-order valence-corrected chi connectivity index (χ1v) is 7.91. The Bertz CT molecular complexity index is 926. The van der Waals surface area contributed by atoms with Gasteiger partial charge in [-0.2, -0.15) is 0 Å². The largest absolute Gasteiger partial charge is 0.508 e. The van der Waals surface area contributed by atoms with Crippen molar-refractivity contribution in [3.63, 3.8) is 0 Å². The van der Waals surface area contributed by atoms with Gasteiger partial charge >= 0.3 is 0 Å². The summed E-state index contributed by atoms with van der Waals surface area (Å²) in [6.07, 6.45) is 0. The molecular weight excluding hydrogens is 314 g/mol. The standard InChI is InChI=1S/C17H13NO2S2/c1-11-4-2-6-13(8-11)18-16(20)10-15(22-17(18)21)12-5-3-7-14(19)9-12/h2-10,19H,1H3. The summed E-state index contributed by atoms with van der Waals surface area (Å²) in [5, 5.41) is 9.57. The highest BCUT2D eigenvalue weighted by Gasteiger charge is 2.07. The SMILES string of the molecule is Cc1cccc(-n2c(=O)cc(-c3cccc(O)c3)sc2=S)c1. The van der Waals surface area contributed by atoms with Crippen molar-refractivity contribution in [3.8, 4) is 21.9 Å². The molecule has 110 valence electrons. The molecule has 1 aromatic heterocycles. The lowest BCUT2D eigenvalue weighted by Crippen LogP contribution is -2.17. The van der Waals surface area contributed by atoms with Crippen molar-refractivity contribution in [1.29, 1.82) is 0 Å². The molecule has 0 radical (unpaired) electrons. The molecule has 0 aliphatic heterocycles. The second-order valence-electron chi connectivity index (χ2n) is 4.94. The maximum Gasteiger partial charge on any atom is 0.258 e. The zero-order chi connectivity index (χ0) is 15.7. The maximum atomic E-state index is 12.5. The fraction of sp³-hybridized carbons (Fsp3) is 0.0588. The molecule has 22 heavy (non-hydrogen) atoms. The predicted molar refractivity (Wildman–Crippen MR) is 92.6 cm³/mol. The Morgan fingerprint density at radius 1 is 1.09 bits per heavy atom. The van der Waals surface area contributed by atoms with Crippen LogP contribution in [0, 0.1) is 10.9 Å². The minimum absolute atomic E-state index is 0.165. The molecule has 0 atom stereocenters. The molecule has 0 amide bonds. The van der Waals surface area contributed by atoms with Crippen molar-refractivity contribution in [2.45, 2.75) is 6.92 Å². The van der Waals surface area contributed by atoms with Crippen molar-refractivity contribution in [1.82, 2.24) is 4.57 Å². The molecule has 0 saturated heterocycles. The van der Waals surface area contributed by atoms with Gasteiger partial charge in [0, 0.05) is 10.9 Å². The van der Waals surface area contributed by atoms with Crippen LogP contribution in [-0.4, -0.2) is 9.67 Å². The fourth-order valence-electron chi connectivity index (χ4n) is 2.24. The first-order chi connectivity index (χ1) is 10.5. The molecule has 0 bridgehead atoms. The summed E-state index contributed by atoms with van der Waals surface area (Å²) < 4.78 is 2.01. The third-order valence-electron chi connectivity index (χ3n) is 3.25. The van der Waals surface area contributed by atoms with E-state index in [0.29, 0.717) is 3.95 Å². The summed E-state index contributed by atoms with van der Waals surface area (Å²) >= 11 is 6.75. The van der Waals surface area contributed by atoms with E-state index in [0.717, 1.165) is 21.7 Å².